The average molecular weight is 311 g/mol. The summed E-state index contributed by atoms with van der Waals surface area (Å²) in [5.41, 5.74) is 0. The molecule has 0 N–H and O–H groups in total. The van der Waals surface area contributed by atoms with Crippen LogP contribution in [0.25, 0.3) is 0 Å². The van der Waals surface area contributed by atoms with Crippen LogP contribution in [-0.4, -0.2) is 8.07 Å². The summed E-state index contributed by atoms with van der Waals surface area (Å²) in [5.74, 6) is 0. The number of rotatable bonds is 15. The van der Waals surface area contributed by atoms with Crippen molar-refractivity contribution in [2.45, 2.75) is 116 Å². The molecule has 0 spiro atoms. The number of unbranched alkanes of at least 4 members (excludes halogenated alkanes) is 11. The Hall–Kier alpha value is -0.0431. The molecule has 0 aromatic rings. The molecule has 21 heavy (non-hydrogen) atoms. The molecule has 1 heteroatoms. The van der Waals surface area contributed by atoms with Gasteiger partial charge < -0.3 is 0 Å². The lowest BCUT2D eigenvalue weighted by Gasteiger charge is -2.20. The number of hydrogen-bond donors (Lipinski definition) is 0. The fraction of sp³-hybridized carbons (Fsp3) is 0.900. The first kappa shape index (κ1) is 21.0. The van der Waals surface area contributed by atoms with Gasteiger partial charge in [0.1, 0.15) is 0 Å². The molecule has 0 fully saturated rings. The number of allylic oxidation sites excluding steroid dienone is 2. The van der Waals surface area contributed by atoms with Crippen molar-refractivity contribution in [1.82, 2.24) is 0 Å². The molecule has 0 aliphatic rings. The predicted octanol–water partition coefficient (Wildman–Crippen LogP) is 7.97. The van der Waals surface area contributed by atoms with Crippen molar-refractivity contribution in [3.63, 3.8) is 0 Å². The van der Waals surface area contributed by atoms with E-state index in [4.69, 9.17) is 0 Å². The van der Waals surface area contributed by atoms with Crippen LogP contribution in [-0.2, 0) is 0 Å². The molecule has 126 valence electrons. The minimum absolute atomic E-state index is 0.908. The van der Waals surface area contributed by atoms with Gasteiger partial charge in [-0.3, -0.25) is 0 Å². The Morgan fingerprint density at radius 1 is 0.667 bits per heavy atom. The van der Waals surface area contributed by atoms with E-state index in [0.717, 1.165) is 0 Å². The van der Waals surface area contributed by atoms with E-state index in [1.165, 1.54) is 89.1 Å². The quantitative estimate of drug-likeness (QED) is 0.163. The molecule has 0 amide bonds. The summed E-state index contributed by atoms with van der Waals surface area (Å²) in [6.07, 6.45) is 22.2. The van der Waals surface area contributed by atoms with E-state index in [1.807, 2.05) is 0 Å². The van der Waals surface area contributed by atoms with Gasteiger partial charge in [0.15, 0.2) is 0 Å². The molecule has 0 rings (SSSR count). The molecule has 0 atom stereocenters. The van der Waals surface area contributed by atoms with Crippen LogP contribution in [0.15, 0.2) is 12.2 Å². The Labute approximate surface area is 136 Å². The average Bonchev–Trinajstić information content (AvgIpc) is 2.46. The zero-order valence-corrected chi connectivity index (χ0v) is 16.6. The Balaban J connectivity index is 3.22. The minimum Gasteiger partial charge on any atom is -0.0919 e. The molecule has 0 heterocycles. The third-order valence-corrected chi connectivity index (χ3v) is 7.66. The summed E-state index contributed by atoms with van der Waals surface area (Å²) in [6.45, 7) is 9.54. The van der Waals surface area contributed by atoms with Crippen LogP contribution in [0.4, 0.5) is 0 Å². The molecule has 0 saturated carbocycles. The highest BCUT2D eigenvalue weighted by atomic mass is 28.3. The van der Waals surface area contributed by atoms with Gasteiger partial charge in [0.25, 0.3) is 0 Å². The standard InChI is InChI=1S/C20H42Si/c1-5-7-9-10-11-12-13-14-15-16-17-18-20-21(3,4)19-8-6-2/h6,8H,5,7,9-20H2,1-4H3. The first-order valence-electron chi connectivity index (χ1n) is 9.73. The molecule has 0 saturated heterocycles. The maximum absolute atomic E-state index is 2.55. The zero-order valence-electron chi connectivity index (χ0n) is 15.6. The van der Waals surface area contributed by atoms with Crippen molar-refractivity contribution in [3.8, 4) is 0 Å². The lowest BCUT2D eigenvalue weighted by Crippen LogP contribution is -2.23. The maximum Gasteiger partial charge on any atom is 0.0511 e. The van der Waals surface area contributed by atoms with Gasteiger partial charge in [-0.1, -0.05) is 115 Å². The van der Waals surface area contributed by atoms with Crippen LogP contribution in [0.3, 0.4) is 0 Å². The largest absolute Gasteiger partial charge is 0.0919 e. The Morgan fingerprint density at radius 2 is 1.10 bits per heavy atom. The van der Waals surface area contributed by atoms with Gasteiger partial charge in [0.2, 0.25) is 0 Å². The van der Waals surface area contributed by atoms with Gasteiger partial charge in [-0.2, -0.15) is 0 Å². The van der Waals surface area contributed by atoms with Crippen molar-refractivity contribution in [1.29, 1.82) is 0 Å². The second-order valence-electron chi connectivity index (χ2n) is 7.58. The summed E-state index contributed by atoms with van der Waals surface area (Å²) in [5, 5.41) is 0. The highest BCUT2D eigenvalue weighted by molar-refractivity contribution is 6.77. The zero-order chi connectivity index (χ0) is 15.8. The summed E-state index contributed by atoms with van der Waals surface area (Å²) >= 11 is 0. The lowest BCUT2D eigenvalue weighted by molar-refractivity contribution is 0.547. The fourth-order valence-corrected chi connectivity index (χ4v) is 5.27. The van der Waals surface area contributed by atoms with Crippen LogP contribution >= 0.6 is 0 Å². The van der Waals surface area contributed by atoms with Crippen LogP contribution < -0.4 is 0 Å². The summed E-state index contributed by atoms with van der Waals surface area (Å²) in [6, 6.07) is 2.90. The third kappa shape index (κ3) is 16.2. The van der Waals surface area contributed by atoms with E-state index in [9.17, 15) is 0 Å². The molecular weight excluding hydrogens is 268 g/mol. The molecule has 0 unspecified atom stereocenters. The van der Waals surface area contributed by atoms with Crippen molar-refractivity contribution in [2.75, 3.05) is 0 Å². The van der Waals surface area contributed by atoms with Crippen molar-refractivity contribution < 1.29 is 0 Å². The van der Waals surface area contributed by atoms with E-state index in [1.54, 1.807) is 0 Å². The fourth-order valence-electron chi connectivity index (χ4n) is 2.98. The van der Waals surface area contributed by atoms with Crippen molar-refractivity contribution >= 4 is 8.07 Å². The second-order valence-corrected chi connectivity index (χ2v) is 12.8. The van der Waals surface area contributed by atoms with Gasteiger partial charge in [-0.15, -0.1) is 0 Å². The van der Waals surface area contributed by atoms with E-state index < -0.39 is 8.07 Å². The van der Waals surface area contributed by atoms with Gasteiger partial charge in [-0.05, 0) is 13.0 Å². The minimum atomic E-state index is -0.908. The molecular formula is C20H42Si. The molecule has 0 nitrogen and oxygen atoms in total. The molecule has 0 aliphatic heterocycles. The van der Waals surface area contributed by atoms with E-state index >= 15 is 0 Å². The molecule has 0 aliphatic carbocycles. The van der Waals surface area contributed by atoms with E-state index in [2.05, 4.69) is 39.1 Å². The second kappa shape index (κ2) is 14.9. The normalized spacial score (nSPS) is 12.4. The molecule has 0 aromatic heterocycles. The van der Waals surface area contributed by atoms with Gasteiger partial charge in [0, 0.05) is 0 Å². The molecule has 0 radical (unpaired) electrons. The molecule has 0 bridgehead atoms. The van der Waals surface area contributed by atoms with Crippen LogP contribution in [0.5, 0.6) is 0 Å². The van der Waals surface area contributed by atoms with Gasteiger partial charge >= 0.3 is 0 Å². The van der Waals surface area contributed by atoms with Crippen molar-refractivity contribution in [2.24, 2.45) is 0 Å². The van der Waals surface area contributed by atoms with E-state index in [0.29, 0.717) is 0 Å². The Morgan fingerprint density at radius 3 is 1.52 bits per heavy atom. The van der Waals surface area contributed by atoms with Crippen LogP contribution in [0.2, 0.25) is 25.2 Å². The predicted molar refractivity (Wildman–Crippen MR) is 103 cm³/mol. The summed E-state index contributed by atoms with van der Waals surface area (Å²) < 4.78 is 0. The Bertz CT molecular complexity index is 230. The van der Waals surface area contributed by atoms with Gasteiger partial charge in [0.05, 0.1) is 8.07 Å². The number of hydrogen-bond acceptors (Lipinski definition) is 0. The monoisotopic (exact) mass is 310 g/mol. The SMILES string of the molecule is CC=CC[Si](C)(C)CCCCCCCCCCCCCC. The lowest BCUT2D eigenvalue weighted by atomic mass is 10.1. The van der Waals surface area contributed by atoms with Crippen molar-refractivity contribution in [3.05, 3.63) is 12.2 Å². The van der Waals surface area contributed by atoms with E-state index in [-0.39, 0.29) is 0 Å². The Kier molecular flexibility index (Phi) is 14.8. The maximum atomic E-state index is 2.55. The smallest absolute Gasteiger partial charge is 0.0511 e. The first-order valence-corrected chi connectivity index (χ1v) is 13.1. The van der Waals surface area contributed by atoms with Crippen LogP contribution in [0, 0.1) is 0 Å². The van der Waals surface area contributed by atoms with Crippen LogP contribution in [0.1, 0.15) is 90.9 Å². The highest BCUT2D eigenvalue weighted by Gasteiger charge is 2.17. The first-order chi connectivity index (χ1) is 10.1. The highest BCUT2D eigenvalue weighted by Crippen LogP contribution is 2.20. The molecule has 0 aromatic carbocycles. The third-order valence-electron chi connectivity index (χ3n) is 4.61. The summed E-state index contributed by atoms with van der Waals surface area (Å²) in [4.78, 5) is 0. The topological polar surface area (TPSA) is 0 Å². The van der Waals surface area contributed by atoms with Gasteiger partial charge in [-0.25, -0.2) is 0 Å². The summed E-state index contributed by atoms with van der Waals surface area (Å²) in [7, 11) is -0.908.